The maximum absolute atomic E-state index is 8.16. The highest BCUT2D eigenvalue weighted by molar-refractivity contribution is 7.22. The van der Waals surface area contributed by atoms with Crippen molar-refractivity contribution >= 4 is 120 Å². The first kappa shape index (κ1) is 79.0. The lowest BCUT2D eigenvalue weighted by atomic mass is 9.34. The van der Waals surface area contributed by atoms with Crippen molar-refractivity contribution in [3.05, 3.63) is 478 Å². The Morgan fingerprint density at radius 2 is 0.609 bits per heavy atom. The third-order valence-corrected chi connectivity index (χ3v) is 36.4. The predicted molar refractivity (Wildman–Crippen MR) is 549 cm³/mol. The fourth-order valence-electron chi connectivity index (χ4n) is 20.7. The van der Waals surface area contributed by atoms with Gasteiger partial charge in [-0.3, -0.25) is 0 Å². The third-order valence-electron chi connectivity index (χ3n) is 27.0. The summed E-state index contributed by atoms with van der Waals surface area (Å²) >= 11 is 0. The lowest BCUT2D eigenvalue weighted by Crippen LogP contribution is -2.78. The zero-order chi connectivity index (χ0) is 86.2. The van der Waals surface area contributed by atoms with Gasteiger partial charge >= 0.3 is 0 Å². The van der Waals surface area contributed by atoms with E-state index >= 15 is 0 Å². The van der Waals surface area contributed by atoms with E-state index in [-0.39, 0.29) is 17.5 Å². The Labute approximate surface area is 754 Å². The van der Waals surface area contributed by atoms with Crippen molar-refractivity contribution < 1.29 is 4.74 Å². The summed E-state index contributed by atoms with van der Waals surface area (Å²) in [6.45, 7) is 13.8. The molecule has 3 nitrogen and oxygen atoms in total. The maximum atomic E-state index is 8.16. The molecular weight excluding hydrogens is 1580 g/mol. The van der Waals surface area contributed by atoms with Gasteiger partial charge in [0, 0.05) is 33.9 Å². The summed E-state index contributed by atoms with van der Waals surface area (Å²) in [5.74, 6) is 1.62. The van der Waals surface area contributed by atoms with Crippen LogP contribution in [0.4, 0.5) is 17.1 Å². The van der Waals surface area contributed by atoms with E-state index in [2.05, 4.69) is 518 Å². The second-order valence-corrected chi connectivity index (χ2v) is 44.3. The number of aromatic nitrogens is 1. The molecule has 1 aromatic heterocycles. The van der Waals surface area contributed by atoms with Crippen molar-refractivity contribution in [3.63, 3.8) is 0 Å². The zero-order valence-electron chi connectivity index (χ0n) is 72.8. The molecule has 0 spiro atoms. The molecule has 0 aliphatic carbocycles. The van der Waals surface area contributed by atoms with Gasteiger partial charge in [0.1, 0.15) is 11.5 Å². The average Bonchev–Trinajstić information content (AvgIpc) is 0.819. The van der Waals surface area contributed by atoms with Crippen LogP contribution >= 0.6 is 0 Å². The number of para-hydroxylation sites is 2. The van der Waals surface area contributed by atoms with Gasteiger partial charge in [0.05, 0.1) is 16.7 Å². The Balaban J connectivity index is 0.848. The lowest BCUT2D eigenvalue weighted by Gasteiger charge is -2.41. The molecule has 0 unspecified atom stereocenters. The first-order chi connectivity index (χ1) is 62.7. The normalized spacial score (nSPS) is 12.5. The molecule has 0 amide bonds. The monoisotopic (exact) mass is 1670 g/mol. The summed E-state index contributed by atoms with van der Waals surface area (Å²) in [5.41, 5.74) is 28.3. The molecule has 610 valence electrons. The van der Waals surface area contributed by atoms with Crippen LogP contribution in [0.25, 0.3) is 105 Å². The number of hydrogen-bond donors (Lipinski definition) is 0. The minimum atomic E-state index is -3.58. The first-order valence-corrected chi connectivity index (χ1v) is 48.9. The van der Waals surface area contributed by atoms with Gasteiger partial charge in [-0.25, -0.2) is 0 Å². The van der Waals surface area contributed by atoms with Gasteiger partial charge in [-0.05, 0) is 206 Å². The van der Waals surface area contributed by atoms with E-state index in [1.165, 1.54) is 108 Å². The zero-order valence-corrected chi connectivity index (χ0v) is 74.8. The average molecular weight is 1670 g/mol. The molecule has 0 N–H and O–H groups in total. The van der Waals surface area contributed by atoms with E-state index in [4.69, 9.17) is 4.74 Å². The molecule has 19 aromatic carbocycles. The van der Waals surface area contributed by atoms with Crippen LogP contribution in [0.15, 0.2) is 467 Å². The summed E-state index contributed by atoms with van der Waals surface area (Å²) in [6.07, 6.45) is 0. The van der Waals surface area contributed by atoms with Crippen LogP contribution in [0.5, 0.6) is 11.5 Å². The quantitative estimate of drug-likeness (QED) is 0.0668. The maximum Gasteiger partial charge on any atom is 0.256 e. The molecule has 0 radical (unpaired) electrons. The van der Waals surface area contributed by atoms with Gasteiger partial charge in [-0.2, -0.15) is 0 Å². The van der Waals surface area contributed by atoms with Crippen molar-refractivity contribution in [2.75, 3.05) is 4.90 Å². The topological polar surface area (TPSA) is 17.4 Å². The lowest BCUT2D eigenvalue weighted by molar-refractivity contribution is 0.487. The highest BCUT2D eigenvalue weighted by Gasteiger charge is 2.48. The van der Waals surface area contributed by atoms with E-state index in [1.54, 1.807) is 0 Å². The van der Waals surface area contributed by atoms with Gasteiger partial charge in [0.15, 0.2) is 16.1 Å². The van der Waals surface area contributed by atoms with Crippen LogP contribution in [0.2, 0.25) is 0 Å². The highest BCUT2D eigenvalue weighted by atomic mass is 28.3. The summed E-state index contributed by atoms with van der Waals surface area (Å²) in [7, 11) is -7.10. The minimum Gasteiger partial charge on any atom is -0.458 e. The molecule has 2 aliphatic heterocycles. The number of hydrogen-bond acceptors (Lipinski definition) is 2. The fourth-order valence-corrected chi connectivity index (χ4v) is 30.5. The third kappa shape index (κ3) is 13.8. The highest BCUT2D eigenvalue weighted by Crippen LogP contribution is 2.48. The van der Waals surface area contributed by atoms with E-state index in [1.807, 2.05) is 0 Å². The number of rotatable bonds is 17. The second kappa shape index (κ2) is 32.2. The SMILES string of the molecule is CC(C)(C)c1cc(-c2ccc3c(c2)N(c2cc(-c4ccccc4)cc(-c4ccccc4)c2)c2cc(-n4c5ccccc5c5ccccc54)cc4c2B3c2ccc(-c3cc([Si](c5ccccc5)(c5ccccc5)c5cccc(-c6ccccc6)c5)cc([Si](c5ccccc5)(c5ccccc5)c5ccc(-c6ccccc6)c(-c6ccccc6)c5)c3)cc2O4)cc(C(C)(C)C)c1. The van der Waals surface area contributed by atoms with Crippen molar-refractivity contribution in [2.24, 2.45) is 0 Å². The molecule has 0 saturated carbocycles. The van der Waals surface area contributed by atoms with E-state index in [9.17, 15) is 0 Å². The number of fused-ring (bicyclic) bond motifs is 7. The summed E-state index contributed by atoms with van der Waals surface area (Å²) in [4.78, 5) is 2.59. The molecular formula is C122H95BN2OSi2. The van der Waals surface area contributed by atoms with Crippen LogP contribution < -0.4 is 67.5 Å². The van der Waals surface area contributed by atoms with Crippen LogP contribution in [0, 0.1) is 0 Å². The van der Waals surface area contributed by atoms with Crippen LogP contribution in [-0.4, -0.2) is 27.4 Å². The van der Waals surface area contributed by atoms with Crippen LogP contribution in [0.3, 0.4) is 0 Å². The molecule has 2 aliphatic rings. The fraction of sp³-hybridized carbons (Fsp3) is 0.0656. The predicted octanol–water partition coefficient (Wildman–Crippen LogP) is 24.2. The standard InChI is InChI=1S/C122H95BN2OSi2/c1-121(2,3)96-70-94(71-97(79-96)122(4,5)6)90-63-67-112-116(77-90)125(98-72-92(85-41-18-8-19-42-85)69-93(73-98)86-43-20-9-21-44-86)117-80-99(124-114-61-36-34-59-109(114)110-60-35-37-62-115(110)124)81-119-120(117)123(112)113-68-64-91(78-118(113)126-119)95-75-106(127(100-50-26-12-27-51-100,101-52-28-13-29-53-101)104-58-38-49-89(74-104)84-39-16-7-17-40-84)82-107(76-95)128(102-54-30-14-31-55-102,103-56-32-15-33-57-103)105-65-66-108(87-45-22-10-23-46-87)111(83-105)88-47-24-11-25-48-88/h7-83H,1-6H3. The molecule has 3 heterocycles. The Kier molecular flexibility index (Phi) is 19.9. The second-order valence-electron chi connectivity index (χ2n) is 36.6. The summed E-state index contributed by atoms with van der Waals surface area (Å²) in [6, 6.07) is 178. The van der Waals surface area contributed by atoms with E-state index in [0.717, 1.165) is 95.2 Å². The molecule has 128 heavy (non-hydrogen) atoms. The molecule has 6 heteroatoms. The molecule has 0 saturated heterocycles. The minimum absolute atomic E-state index is 0.117. The first-order valence-electron chi connectivity index (χ1n) is 44.9. The van der Waals surface area contributed by atoms with Gasteiger partial charge in [-0.1, -0.05) is 454 Å². The van der Waals surface area contributed by atoms with Gasteiger partial charge in [-0.15, -0.1) is 0 Å². The van der Waals surface area contributed by atoms with Gasteiger partial charge in [0.25, 0.3) is 6.71 Å². The Bertz CT molecular complexity index is 7360. The van der Waals surface area contributed by atoms with Crippen molar-refractivity contribution in [1.82, 2.24) is 4.57 Å². The number of nitrogens with zero attached hydrogens (tertiary/aromatic N) is 2. The van der Waals surface area contributed by atoms with Crippen LogP contribution in [0.1, 0.15) is 52.7 Å². The van der Waals surface area contributed by atoms with E-state index in [0.29, 0.717) is 0 Å². The number of ether oxygens (including phenoxy) is 1. The Hall–Kier alpha value is -14.9. The Morgan fingerprint density at radius 3 is 1.10 bits per heavy atom. The summed E-state index contributed by atoms with van der Waals surface area (Å²) < 4.78 is 10.6. The van der Waals surface area contributed by atoms with E-state index < -0.39 is 16.1 Å². The Morgan fingerprint density at radius 1 is 0.227 bits per heavy atom. The van der Waals surface area contributed by atoms with Gasteiger partial charge in [0.2, 0.25) is 0 Å². The number of anilines is 3. The molecule has 0 bridgehead atoms. The van der Waals surface area contributed by atoms with Crippen molar-refractivity contribution in [2.45, 2.75) is 52.4 Å². The molecule has 20 aromatic rings. The molecule has 0 fully saturated rings. The van der Waals surface area contributed by atoms with Crippen molar-refractivity contribution in [3.8, 4) is 95.1 Å². The molecule has 22 rings (SSSR count). The largest absolute Gasteiger partial charge is 0.458 e. The number of benzene rings is 19. The summed E-state index contributed by atoms with van der Waals surface area (Å²) in [5, 5.41) is 12.6. The smallest absolute Gasteiger partial charge is 0.256 e. The molecule has 0 atom stereocenters. The van der Waals surface area contributed by atoms with Gasteiger partial charge < -0.3 is 14.2 Å². The van der Waals surface area contributed by atoms with Crippen molar-refractivity contribution in [1.29, 1.82) is 0 Å². The van der Waals surface area contributed by atoms with Crippen LogP contribution in [-0.2, 0) is 10.8 Å².